The number of nitrogens with zero attached hydrogens (tertiary/aromatic N) is 1. The molecule has 0 bridgehead atoms. The first kappa shape index (κ1) is 10.2. The SMILES string of the molecule is N#CNC(=O)C1(c2ccc(Br)cc2)CC1. The number of nitrogens with one attached hydrogen (secondary N) is 1. The van der Waals surface area contributed by atoms with E-state index in [0.29, 0.717) is 0 Å². The Bertz CT molecular complexity index is 429. The van der Waals surface area contributed by atoms with Gasteiger partial charge in [-0.15, -0.1) is 0 Å². The van der Waals surface area contributed by atoms with Crippen LogP contribution in [0.3, 0.4) is 0 Å². The lowest BCUT2D eigenvalue weighted by molar-refractivity contribution is -0.122. The second-order valence-electron chi connectivity index (χ2n) is 3.65. The van der Waals surface area contributed by atoms with Crippen molar-refractivity contribution in [3.8, 4) is 6.19 Å². The van der Waals surface area contributed by atoms with E-state index in [0.717, 1.165) is 22.9 Å². The highest BCUT2D eigenvalue weighted by Crippen LogP contribution is 2.48. The van der Waals surface area contributed by atoms with Crippen LogP contribution in [-0.2, 0) is 10.2 Å². The van der Waals surface area contributed by atoms with E-state index in [1.165, 1.54) is 0 Å². The van der Waals surface area contributed by atoms with Crippen molar-refractivity contribution in [2.24, 2.45) is 0 Å². The molecule has 0 heterocycles. The Kier molecular flexibility index (Phi) is 2.49. The predicted molar refractivity (Wildman–Crippen MR) is 58.8 cm³/mol. The van der Waals surface area contributed by atoms with Gasteiger partial charge in [0.15, 0.2) is 6.19 Å². The van der Waals surface area contributed by atoms with Gasteiger partial charge in [0.25, 0.3) is 0 Å². The van der Waals surface area contributed by atoms with E-state index in [1.54, 1.807) is 6.19 Å². The molecule has 1 saturated carbocycles. The van der Waals surface area contributed by atoms with Crippen LogP contribution < -0.4 is 5.32 Å². The zero-order valence-electron chi connectivity index (χ0n) is 7.96. The Morgan fingerprint density at radius 1 is 1.40 bits per heavy atom. The van der Waals surface area contributed by atoms with E-state index < -0.39 is 5.41 Å². The maximum Gasteiger partial charge on any atom is 0.243 e. The minimum atomic E-state index is -0.448. The summed E-state index contributed by atoms with van der Waals surface area (Å²) in [5, 5.41) is 10.6. The number of rotatable bonds is 2. The minimum Gasteiger partial charge on any atom is -0.273 e. The number of nitriles is 1. The van der Waals surface area contributed by atoms with Crippen LogP contribution in [0.5, 0.6) is 0 Å². The third-order valence-electron chi connectivity index (χ3n) is 2.75. The van der Waals surface area contributed by atoms with Gasteiger partial charge in [-0.25, -0.2) is 0 Å². The third-order valence-corrected chi connectivity index (χ3v) is 3.28. The molecular formula is C11H9BrN2O. The molecule has 1 aromatic rings. The van der Waals surface area contributed by atoms with Crippen LogP contribution in [0, 0.1) is 11.5 Å². The molecule has 2 rings (SSSR count). The number of hydrogen-bond donors (Lipinski definition) is 1. The quantitative estimate of drug-likeness (QED) is 0.657. The van der Waals surface area contributed by atoms with Crippen molar-refractivity contribution in [3.63, 3.8) is 0 Å². The van der Waals surface area contributed by atoms with Crippen LogP contribution in [0.2, 0.25) is 0 Å². The van der Waals surface area contributed by atoms with Crippen molar-refractivity contribution in [1.82, 2.24) is 5.32 Å². The van der Waals surface area contributed by atoms with Gasteiger partial charge < -0.3 is 0 Å². The fraction of sp³-hybridized carbons (Fsp3) is 0.273. The number of carbonyl (C=O) groups is 1. The molecule has 0 saturated heterocycles. The van der Waals surface area contributed by atoms with E-state index in [9.17, 15) is 4.79 Å². The lowest BCUT2D eigenvalue weighted by Crippen LogP contribution is -2.31. The highest BCUT2D eigenvalue weighted by molar-refractivity contribution is 9.10. The lowest BCUT2D eigenvalue weighted by Gasteiger charge is -2.12. The van der Waals surface area contributed by atoms with E-state index in [2.05, 4.69) is 21.2 Å². The Labute approximate surface area is 96.2 Å². The summed E-state index contributed by atoms with van der Waals surface area (Å²) in [6.45, 7) is 0. The topological polar surface area (TPSA) is 52.9 Å². The van der Waals surface area contributed by atoms with Gasteiger partial charge in [0, 0.05) is 4.47 Å². The molecule has 4 heteroatoms. The zero-order chi connectivity index (χ0) is 10.9. The smallest absolute Gasteiger partial charge is 0.243 e. The molecule has 1 fully saturated rings. The first-order valence-electron chi connectivity index (χ1n) is 4.65. The van der Waals surface area contributed by atoms with Crippen molar-refractivity contribution < 1.29 is 4.79 Å². The van der Waals surface area contributed by atoms with Crippen LogP contribution in [0.15, 0.2) is 28.7 Å². The number of hydrogen-bond acceptors (Lipinski definition) is 2. The van der Waals surface area contributed by atoms with Gasteiger partial charge in [-0.1, -0.05) is 28.1 Å². The normalized spacial score (nSPS) is 16.5. The lowest BCUT2D eigenvalue weighted by atomic mass is 9.95. The van der Waals surface area contributed by atoms with E-state index in [-0.39, 0.29) is 5.91 Å². The van der Waals surface area contributed by atoms with Crippen LogP contribution in [-0.4, -0.2) is 5.91 Å². The summed E-state index contributed by atoms with van der Waals surface area (Å²) in [5.41, 5.74) is 0.537. The summed E-state index contributed by atoms with van der Waals surface area (Å²) in [5.74, 6) is -0.188. The van der Waals surface area contributed by atoms with Gasteiger partial charge in [-0.05, 0) is 30.5 Å². The second-order valence-corrected chi connectivity index (χ2v) is 4.57. The molecule has 15 heavy (non-hydrogen) atoms. The molecule has 1 N–H and O–H groups in total. The Hall–Kier alpha value is -1.34. The van der Waals surface area contributed by atoms with E-state index >= 15 is 0 Å². The molecule has 0 radical (unpaired) electrons. The Morgan fingerprint density at radius 3 is 2.47 bits per heavy atom. The van der Waals surface area contributed by atoms with Gasteiger partial charge in [0.2, 0.25) is 5.91 Å². The van der Waals surface area contributed by atoms with Crippen molar-refractivity contribution in [3.05, 3.63) is 34.3 Å². The van der Waals surface area contributed by atoms with Crippen LogP contribution in [0.4, 0.5) is 0 Å². The van der Waals surface area contributed by atoms with Gasteiger partial charge in [0.1, 0.15) is 0 Å². The minimum absolute atomic E-state index is 0.188. The van der Waals surface area contributed by atoms with Gasteiger partial charge in [-0.3, -0.25) is 10.1 Å². The monoisotopic (exact) mass is 264 g/mol. The zero-order valence-corrected chi connectivity index (χ0v) is 9.54. The van der Waals surface area contributed by atoms with Gasteiger partial charge in [0.05, 0.1) is 5.41 Å². The van der Waals surface area contributed by atoms with Crippen LogP contribution >= 0.6 is 15.9 Å². The first-order valence-corrected chi connectivity index (χ1v) is 5.44. The molecule has 0 aliphatic heterocycles. The van der Waals surface area contributed by atoms with Gasteiger partial charge >= 0.3 is 0 Å². The first-order chi connectivity index (χ1) is 7.19. The number of benzene rings is 1. The summed E-state index contributed by atoms with van der Waals surface area (Å²) >= 11 is 3.35. The van der Waals surface area contributed by atoms with E-state index in [4.69, 9.17) is 5.26 Å². The number of halogens is 1. The molecule has 1 aromatic carbocycles. The van der Waals surface area contributed by atoms with Crippen molar-refractivity contribution in [1.29, 1.82) is 5.26 Å². The Balaban J connectivity index is 2.27. The van der Waals surface area contributed by atoms with Crippen molar-refractivity contribution in [2.75, 3.05) is 0 Å². The fourth-order valence-corrected chi connectivity index (χ4v) is 1.98. The van der Waals surface area contributed by atoms with Crippen LogP contribution in [0.1, 0.15) is 18.4 Å². The molecule has 1 amide bonds. The average Bonchev–Trinajstić information content (AvgIpc) is 3.00. The maximum atomic E-state index is 11.7. The maximum absolute atomic E-state index is 11.7. The molecule has 0 atom stereocenters. The predicted octanol–water partition coefficient (Wildman–Crippen LogP) is 2.08. The fourth-order valence-electron chi connectivity index (χ4n) is 1.71. The molecule has 1 aliphatic rings. The third kappa shape index (κ3) is 1.75. The summed E-state index contributed by atoms with van der Waals surface area (Å²) in [4.78, 5) is 11.7. The van der Waals surface area contributed by atoms with E-state index in [1.807, 2.05) is 24.3 Å². The summed E-state index contributed by atoms with van der Waals surface area (Å²) in [6.07, 6.45) is 3.33. The largest absolute Gasteiger partial charge is 0.273 e. The summed E-state index contributed by atoms with van der Waals surface area (Å²) in [6, 6.07) is 7.67. The van der Waals surface area contributed by atoms with Gasteiger partial charge in [-0.2, -0.15) is 5.26 Å². The molecule has 0 spiro atoms. The summed E-state index contributed by atoms with van der Waals surface area (Å²) in [7, 11) is 0. The molecular weight excluding hydrogens is 256 g/mol. The molecule has 76 valence electrons. The van der Waals surface area contributed by atoms with Crippen molar-refractivity contribution >= 4 is 21.8 Å². The van der Waals surface area contributed by atoms with Crippen LogP contribution in [0.25, 0.3) is 0 Å². The number of carbonyl (C=O) groups excluding carboxylic acids is 1. The molecule has 0 aromatic heterocycles. The molecule has 0 unspecified atom stereocenters. The molecule has 1 aliphatic carbocycles. The highest BCUT2D eigenvalue weighted by Gasteiger charge is 2.51. The highest BCUT2D eigenvalue weighted by atomic mass is 79.9. The Morgan fingerprint density at radius 2 is 2.00 bits per heavy atom. The van der Waals surface area contributed by atoms with Crippen molar-refractivity contribution in [2.45, 2.75) is 18.3 Å². The summed E-state index contributed by atoms with van der Waals surface area (Å²) < 4.78 is 0.989. The molecule has 3 nitrogen and oxygen atoms in total. The standard InChI is InChI=1S/C11H9BrN2O/c12-9-3-1-8(2-4-9)11(5-6-11)10(15)14-7-13/h1-4H,5-6H2,(H,14,15). The second kappa shape index (κ2) is 3.67. The average molecular weight is 265 g/mol. The number of amides is 1.